The quantitative estimate of drug-likeness (QED) is 0.447. The SMILES string of the molecule is COc1ccc(-c2nc3ccccc3o2)c(C(=O)Nc2cccc3cccnc23)c1. The van der Waals surface area contributed by atoms with Crippen LogP contribution in [0.25, 0.3) is 33.5 Å². The van der Waals surface area contributed by atoms with Crippen LogP contribution in [0.2, 0.25) is 0 Å². The summed E-state index contributed by atoms with van der Waals surface area (Å²) in [7, 11) is 1.56. The number of oxazole rings is 1. The summed E-state index contributed by atoms with van der Waals surface area (Å²) in [6.45, 7) is 0. The van der Waals surface area contributed by atoms with Gasteiger partial charge in [-0.1, -0.05) is 30.3 Å². The van der Waals surface area contributed by atoms with E-state index in [2.05, 4.69) is 15.3 Å². The second-order valence-corrected chi connectivity index (χ2v) is 6.73. The highest BCUT2D eigenvalue weighted by atomic mass is 16.5. The van der Waals surface area contributed by atoms with E-state index < -0.39 is 0 Å². The number of hydrogen-bond donors (Lipinski definition) is 1. The number of nitrogens with one attached hydrogen (secondary N) is 1. The lowest BCUT2D eigenvalue weighted by atomic mass is 10.1. The van der Waals surface area contributed by atoms with Crippen molar-refractivity contribution in [1.82, 2.24) is 9.97 Å². The summed E-state index contributed by atoms with van der Waals surface area (Å²) >= 11 is 0. The summed E-state index contributed by atoms with van der Waals surface area (Å²) < 4.78 is 11.2. The molecule has 5 rings (SSSR count). The molecule has 6 nitrogen and oxygen atoms in total. The molecule has 0 aliphatic carbocycles. The Bertz CT molecular complexity index is 1350. The maximum absolute atomic E-state index is 13.3. The normalized spacial score (nSPS) is 11.0. The lowest BCUT2D eigenvalue weighted by Crippen LogP contribution is -2.14. The van der Waals surface area contributed by atoms with E-state index in [-0.39, 0.29) is 5.91 Å². The molecule has 0 fully saturated rings. The summed E-state index contributed by atoms with van der Waals surface area (Å²) in [6.07, 6.45) is 1.70. The van der Waals surface area contributed by atoms with Crippen molar-refractivity contribution in [3.63, 3.8) is 0 Å². The number of para-hydroxylation sites is 3. The second kappa shape index (κ2) is 7.33. The zero-order valence-corrected chi connectivity index (χ0v) is 16.1. The predicted molar refractivity (Wildman–Crippen MR) is 116 cm³/mol. The molecule has 0 bridgehead atoms. The van der Waals surface area contributed by atoms with E-state index in [1.807, 2.05) is 54.6 Å². The van der Waals surface area contributed by atoms with Crippen molar-refractivity contribution in [2.75, 3.05) is 12.4 Å². The summed E-state index contributed by atoms with van der Waals surface area (Å²) in [5.41, 5.74) is 3.72. The van der Waals surface area contributed by atoms with Crippen molar-refractivity contribution in [2.24, 2.45) is 0 Å². The molecule has 0 radical (unpaired) electrons. The number of carbonyl (C=O) groups is 1. The molecule has 3 aromatic carbocycles. The molecule has 146 valence electrons. The molecule has 1 N–H and O–H groups in total. The van der Waals surface area contributed by atoms with Crippen LogP contribution in [0.15, 0.2) is 83.4 Å². The Kier molecular flexibility index (Phi) is 4.37. The number of fused-ring (bicyclic) bond motifs is 2. The van der Waals surface area contributed by atoms with Gasteiger partial charge in [-0.2, -0.15) is 0 Å². The lowest BCUT2D eigenvalue weighted by Gasteiger charge is -2.11. The number of benzene rings is 3. The van der Waals surface area contributed by atoms with E-state index in [0.717, 1.165) is 16.4 Å². The van der Waals surface area contributed by atoms with E-state index in [0.29, 0.717) is 34.0 Å². The zero-order chi connectivity index (χ0) is 20.5. The minimum Gasteiger partial charge on any atom is -0.497 e. The maximum Gasteiger partial charge on any atom is 0.256 e. The number of anilines is 1. The molecular formula is C24H17N3O3. The number of carbonyl (C=O) groups excluding carboxylic acids is 1. The monoisotopic (exact) mass is 395 g/mol. The number of rotatable bonds is 4. The molecule has 6 heteroatoms. The number of aromatic nitrogens is 2. The Morgan fingerprint density at radius 1 is 1.00 bits per heavy atom. The van der Waals surface area contributed by atoms with E-state index in [9.17, 15) is 4.79 Å². The number of methoxy groups -OCH3 is 1. The molecule has 0 saturated carbocycles. The second-order valence-electron chi connectivity index (χ2n) is 6.73. The van der Waals surface area contributed by atoms with Gasteiger partial charge in [-0.3, -0.25) is 9.78 Å². The van der Waals surface area contributed by atoms with Crippen molar-refractivity contribution < 1.29 is 13.9 Å². The molecule has 0 saturated heterocycles. The fourth-order valence-electron chi connectivity index (χ4n) is 3.41. The van der Waals surface area contributed by atoms with Crippen molar-refractivity contribution in [1.29, 1.82) is 0 Å². The van der Waals surface area contributed by atoms with Crippen molar-refractivity contribution in [2.45, 2.75) is 0 Å². The minimum absolute atomic E-state index is 0.302. The third-order valence-corrected chi connectivity index (χ3v) is 4.88. The lowest BCUT2D eigenvalue weighted by molar-refractivity contribution is 0.102. The number of hydrogen-bond acceptors (Lipinski definition) is 5. The summed E-state index contributed by atoms with van der Waals surface area (Å²) in [5.74, 6) is 0.639. The van der Waals surface area contributed by atoms with Crippen LogP contribution in [0.3, 0.4) is 0 Å². The van der Waals surface area contributed by atoms with Crippen LogP contribution in [0.4, 0.5) is 5.69 Å². The molecular weight excluding hydrogens is 378 g/mol. The molecule has 1 amide bonds. The highest BCUT2D eigenvalue weighted by Gasteiger charge is 2.19. The third-order valence-electron chi connectivity index (χ3n) is 4.88. The van der Waals surface area contributed by atoms with E-state index in [4.69, 9.17) is 9.15 Å². The summed E-state index contributed by atoms with van der Waals surface area (Å²) in [6, 6.07) is 22.2. The van der Waals surface area contributed by atoms with Gasteiger partial charge in [-0.15, -0.1) is 0 Å². The molecule has 0 atom stereocenters. The Morgan fingerprint density at radius 2 is 1.87 bits per heavy atom. The molecule has 2 heterocycles. The standard InChI is InChI=1S/C24H17N3O3/c1-29-16-11-12-17(24-27-19-8-2-3-10-21(19)30-24)18(14-16)23(28)26-20-9-4-6-15-7-5-13-25-22(15)20/h2-14H,1H3,(H,26,28). The van der Waals surface area contributed by atoms with Gasteiger partial charge in [0, 0.05) is 11.6 Å². The first-order valence-electron chi connectivity index (χ1n) is 9.42. The number of nitrogens with zero attached hydrogens (tertiary/aromatic N) is 2. The maximum atomic E-state index is 13.3. The number of amides is 1. The van der Waals surface area contributed by atoms with E-state index in [1.165, 1.54) is 0 Å². The highest BCUT2D eigenvalue weighted by molar-refractivity contribution is 6.11. The van der Waals surface area contributed by atoms with E-state index >= 15 is 0 Å². The molecule has 2 aromatic heterocycles. The molecule has 0 aliphatic rings. The largest absolute Gasteiger partial charge is 0.497 e. The van der Waals surface area contributed by atoms with Crippen molar-refractivity contribution >= 4 is 33.6 Å². The van der Waals surface area contributed by atoms with E-state index in [1.54, 1.807) is 31.5 Å². The number of ether oxygens (including phenoxy) is 1. The average Bonchev–Trinajstić information content (AvgIpc) is 3.23. The summed E-state index contributed by atoms with van der Waals surface area (Å²) in [5, 5.41) is 3.91. The van der Waals surface area contributed by atoms with Gasteiger partial charge >= 0.3 is 0 Å². The predicted octanol–water partition coefficient (Wildman–Crippen LogP) is 5.30. The van der Waals surface area contributed by atoms with Gasteiger partial charge in [-0.25, -0.2) is 4.98 Å². The summed E-state index contributed by atoms with van der Waals surface area (Å²) in [4.78, 5) is 22.2. The Hall–Kier alpha value is -4.19. The molecule has 0 spiro atoms. The topological polar surface area (TPSA) is 77.2 Å². The van der Waals surface area contributed by atoms with Gasteiger partial charge in [0.1, 0.15) is 11.3 Å². The van der Waals surface area contributed by atoms with Gasteiger partial charge in [0.05, 0.1) is 29.4 Å². The van der Waals surface area contributed by atoms with Crippen molar-refractivity contribution in [3.8, 4) is 17.2 Å². The van der Waals surface area contributed by atoms with Gasteiger partial charge in [0.2, 0.25) is 5.89 Å². The first kappa shape index (κ1) is 17.9. The first-order chi connectivity index (χ1) is 14.7. The molecule has 5 aromatic rings. The Balaban J connectivity index is 1.59. The van der Waals surface area contributed by atoms with Gasteiger partial charge in [-0.05, 0) is 42.5 Å². The van der Waals surface area contributed by atoms with Gasteiger partial charge in [0.15, 0.2) is 5.58 Å². The van der Waals surface area contributed by atoms with Crippen LogP contribution in [0, 0.1) is 0 Å². The third kappa shape index (κ3) is 3.14. The zero-order valence-electron chi connectivity index (χ0n) is 16.1. The van der Waals surface area contributed by atoms with Crippen molar-refractivity contribution in [3.05, 3.63) is 84.6 Å². The Labute approximate surface area is 172 Å². The average molecular weight is 395 g/mol. The van der Waals surface area contributed by atoms with Gasteiger partial charge < -0.3 is 14.5 Å². The van der Waals surface area contributed by atoms with Gasteiger partial charge in [0.25, 0.3) is 5.91 Å². The smallest absolute Gasteiger partial charge is 0.256 e. The van der Waals surface area contributed by atoms with Crippen LogP contribution in [0.5, 0.6) is 5.75 Å². The van der Waals surface area contributed by atoms with Crippen LogP contribution < -0.4 is 10.1 Å². The van der Waals surface area contributed by atoms with Crippen LogP contribution in [-0.4, -0.2) is 23.0 Å². The highest BCUT2D eigenvalue weighted by Crippen LogP contribution is 2.31. The molecule has 0 aliphatic heterocycles. The molecule has 30 heavy (non-hydrogen) atoms. The minimum atomic E-state index is -0.302. The number of pyridine rings is 1. The fourth-order valence-corrected chi connectivity index (χ4v) is 3.41. The Morgan fingerprint density at radius 3 is 2.73 bits per heavy atom. The molecule has 0 unspecified atom stereocenters. The van der Waals surface area contributed by atoms with Crippen LogP contribution >= 0.6 is 0 Å². The first-order valence-corrected chi connectivity index (χ1v) is 9.42. The van der Waals surface area contributed by atoms with Crippen LogP contribution in [-0.2, 0) is 0 Å². The van der Waals surface area contributed by atoms with Crippen LogP contribution in [0.1, 0.15) is 10.4 Å². The fraction of sp³-hybridized carbons (Fsp3) is 0.0417.